The number of nitrogens with zero attached hydrogens (tertiary/aromatic N) is 1. The SMILES string of the molecule is CC(C)(C)C1=CN2C[C@H](c3ccccc3C3=CC=C(C(C)(C)C)CN3)c3ccc(-c4ccccc4)cc3C2C=C1. The predicted molar refractivity (Wildman–Crippen MR) is 170 cm³/mol. The summed E-state index contributed by atoms with van der Waals surface area (Å²) in [5.74, 6) is 0.270. The number of benzene rings is 3. The van der Waals surface area contributed by atoms with Crippen molar-refractivity contribution >= 4 is 5.70 Å². The minimum atomic E-state index is 0.106. The quantitative estimate of drug-likeness (QED) is 0.366. The maximum Gasteiger partial charge on any atom is 0.0727 e. The second kappa shape index (κ2) is 10.0. The van der Waals surface area contributed by atoms with E-state index in [-0.39, 0.29) is 22.8 Å². The van der Waals surface area contributed by atoms with Crippen molar-refractivity contribution in [1.82, 2.24) is 10.2 Å². The summed E-state index contributed by atoms with van der Waals surface area (Å²) in [6.45, 7) is 15.6. The Balaban J connectivity index is 1.47. The molecule has 2 nitrogen and oxygen atoms in total. The van der Waals surface area contributed by atoms with Crippen LogP contribution in [0, 0.1) is 10.8 Å². The number of rotatable bonds is 3. The van der Waals surface area contributed by atoms with Crippen molar-refractivity contribution < 1.29 is 0 Å². The molecule has 204 valence electrons. The first-order valence-electron chi connectivity index (χ1n) is 14.7. The van der Waals surface area contributed by atoms with E-state index in [1.807, 2.05) is 0 Å². The molecular formula is C38H42N2. The van der Waals surface area contributed by atoms with E-state index in [1.165, 1.54) is 50.2 Å². The van der Waals surface area contributed by atoms with Gasteiger partial charge in [0.25, 0.3) is 0 Å². The summed E-state index contributed by atoms with van der Waals surface area (Å²) < 4.78 is 0. The van der Waals surface area contributed by atoms with E-state index in [2.05, 4.69) is 155 Å². The minimum Gasteiger partial charge on any atom is -0.381 e. The molecule has 3 aromatic carbocycles. The Kier molecular flexibility index (Phi) is 6.61. The third kappa shape index (κ3) is 4.96. The van der Waals surface area contributed by atoms with Gasteiger partial charge in [-0.05, 0) is 61.9 Å². The number of fused-ring (bicyclic) bond motifs is 3. The first kappa shape index (κ1) is 26.4. The molecule has 2 heteroatoms. The lowest BCUT2D eigenvalue weighted by atomic mass is 9.76. The number of hydrogen-bond acceptors (Lipinski definition) is 2. The molecule has 1 N–H and O–H groups in total. The maximum atomic E-state index is 3.77. The molecule has 40 heavy (non-hydrogen) atoms. The molecule has 6 rings (SSSR count). The van der Waals surface area contributed by atoms with Crippen LogP contribution in [0.1, 0.15) is 75.8 Å². The van der Waals surface area contributed by atoms with Gasteiger partial charge in [0.05, 0.1) is 6.04 Å². The van der Waals surface area contributed by atoms with Crippen molar-refractivity contribution in [3.05, 3.63) is 137 Å². The minimum absolute atomic E-state index is 0.106. The molecule has 0 fully saturated rings. The highest BCUT2D eigenvalue weighted by atomic mass is 15.2. The summed E-state index contributed by atoms with van der Waals surface area (Å²) in [6, 6.07) is 27.2. The highest BCUT2D eigenvalue weighted by Crippen LogP contribution is 2.46. The zero-order valence-corrected chi connectivity index (χ0v) is 24.8. The van der Waals surface area contributed by atoms with Crippen LogP contribution in [0.5, 0.6) is 0 Å². The van der Waals surface area contributed by atoms with Gasteiger partial charge in [0.15, 0.2) is 0 Å². The number of nitrogens with one attached hydrogen (secondary N) is 1. The highest BCUT2D eigenvalue weighted by molar-refractivity contribution is 5.72. The van der Waals surface area contributed by atoms with Gasteiger partial charge in [0, 0.05) is 36.5 Å². The Morgan fingerprint density at radius 1 is 0.725 bits per heavy atom. The lowest BCUT2D eigenvalue weighted by Gasteiger charge is -2.43. The molecule has 0 bridgehead atoms. The van der Waals surface area contributed by atoms with Gasteiger partial charge in [-0.1, -0.05) is 127 Å². The topological polar surface area (TPSA) is 15.3 Å². The molecule has 3 aromatic rings. The van der Waals surface area contributed by atoms with E-state index in [0.717, 1.165) is 13.1 Å². The Labute approximate surface area is 240 Å². The molecule has 0 saturated heterocycles. The molecule has 0 aromatic heterocycles. The van der Waals surface area contributed by atoms with Gasteiger partial charge < -0.3 is 10.2 Å². The van der Waals surface area contributed by atoms with Crippen LogP contribution >= 0.6 is 0 Å². The van der Waals surface area contributed by atoms with E-state index in [4.69, 9.17) is 0 Å². The molecule has 0 radical (unpaired) electrons. The van der Waals surface area contributed by atoms with Crippen LogP contribution in [0.25, 0.3) is 16.8 Å². The Morgan fingerprint density at radius 2 is 1.48 bits per heavy atom. The second-order valence-electron chi connectivity index (χ2n) is 13.6. The average molecular weight is 527 g/mol. The Morgan fingerprint density at radius 3 is 2.17 bits per heavy atom. The van der Waals surface area contributed by atoms with Crippen molar-refractivity contribution in [3.63, 3.8) is 0 Å². The molecule has 3 aliphatic rings. The summed E-state index contributed by atoms with van der Waals surface area (Å²) in [5, 5.41) is 3.77. The molecule has 0 aliphatic carbocycles. The first-order chi connectivity index (χ1) is 19.1. The fourth-order valence-electron chi connectivity index (χ4n) is 6.27. The first-order valence-corrected chi connectivity index (χ1v) is 14.7. The van der Waals surface area contributed by atoms with Gasteiger partial charge in [-0.25, -0.2) is 0 Å². The van der Waals surface area contributed by atoms with Gasteiger partial charge in [-0.15, -0.1) is 0 Å². The number of dihydropyridines is 1. The van der Waals surface area contributed by atoms with Crippen LogP contribution in [0.2, 0.25) is 0 Å². The standard InChI is InChI=1S/C38H42N2/c1-37(2,3)28-17-20-35(39-23-28)32-15-11-10-14-30(32)34-25-40-24-29(38(4,5)6)18-21-36(40)33-22-27(16-19-31(33)34)26-12-8-7-9-13-26/h7-22,24,34,36,39H,23,25H2,1-6H3/t34-,36?/m1/s1. The summed E-state index contributed by atoms with van der Waals surface area (Å²) in [6.07, 6.45) is 11.8. The summed E-state index contributed by atoms with van der Waals surface area (Å²) in [5.41, 5.74) is 12.4. The summed E-state index contributed by atoms with van der Waals surface area (Å²) in [7, 11) is 0. The van der Waals surface area contributed by atoms with Crippen molar-refractivity contribution in [3.8, 4) is 11.1 Å². The maximum absolute atomic E-state index is 3.77. The predicted octanol–water partition coefficient (Wildman–Crippen LogP) is 9.26. The number of allylic oxidation sites excluding steroid dienone is 4. The fourth-order valence-corrected chi connectivity index (χ4v) is 6.27. The largest absolute Gasteiger partial charge is 0.381 e. The smallest absolute Gasteiger partial charge is 0.0727 e. The van der Waals surface area contributed by atoms with E-state index in [1.54, 1.807) is 0 Å². The van der Waals surface area contributed by atoms with Crippen molar-refractivity contribution in [1.29, 1.82) is 0 Å². The lowest BCUT2D eigenvalue weighted by Crippen LogP contribution is -2.37. The second-order valence-corrected chi connectivity index (χ2v) is 13.6. The highest BCUT2D eigenvalue weighted by Gasteiger charge is 2.35. The Hall–Kier alpha value is -3.78. The van der Waals surface area contributed by atoms with E-state index in [9.17, 15) is 0 Å². The molecule has 0 spiro atoms. The fraction of sp³-hybridized carbons (Fsp3) is 0.316. The van der Waals surface area contributed by atoms with E-state index < -0.39 is 0 Å². The summed E-state index contributed by atoms with van der Waals surface area (Å²) >= 11 is 0. The van der Waals surface area contributed by atoms with Gasteiger partial charge in [-0.2, -0.15) is 0 Å². The van der Waals surface area contributed by atoms with Crippen molar-refractivity contribution in [2.75, 3.05) is 13.1 Å². The molecule has 2 atom stereocenters. The monoisotopic (exact) mass is 526 g/mol. The third-order valence-corrected chi connectivity index (χ3v) is 8.78. The molecule has 3 aliphatic heterocycles. The molecule has 0 amide bonds. The van der Waals surface area contributed by atoms with Gasteiger partial charge >= 0.3 is 0 Å². The van der Waals surface area contributed by atoms with Crippen molar-refractivity contribution in [2.45, 2.75) is 53.5 Å². The van der Waals surface area contributed by atoms with Crippen LogP contribution in [-0.2, 0) is 0 Å². The molecule has 0 saturated carbocycles. The van der Waals surface area contributed by atoms with Gasteiger partial charge in [0.1, 0.15) is 0 Å². The van der Waals surface area contributed by atoms with Crippen LogP contribution in [0.4, 0.5) is 0 Å². The summed E-state index contributed by atoms with van der Waals surface area (Å²) in [4.78, 5) is 2.58. The van der Waals surface area contributed by atoms with Crippen LogP contribution in [-0.4, -0.2) is 18.0 Å². The van der Waals surface area contributed by atoms with Gasteiger partial charge in [0.2, 0.25) is 0 Å². The molecular weight excluding hydrogens is 484 g/mol. The lowest BCUT2D eigenvalue weighted by molar-refractivity contribution is 0.279. The van der Waals surface area contributed by atoms with Crippen LogP contribution in [0.3, 0.4) is 0 Å². The zero-order chi connectivity index (χ0) is 28.1. The Bertz CT molecular complexity index is 1540. The van der Waals surface area contributed by atoms with Crippen LogP contribution in [0.15, 0.2) is 114 Å². The molecule has 1 unspecified atom stereocenters. The van der Waals surface area contributed by atoms with Crippen LogP contribution < -0.4 is 5.32 Å². The zero-order valence-electron chi connectivity index (χ0n) is 24.8. The van der Waals surface area contributed by atoms with Crippen molar-refractivity contribution in [2.24, 2.45) is 10.8 Å². The third-order valence-electron chi connectivity index (χ3n) is 8.78. The van der Waals surface area contributed by atoms with E-state index in [0.29, 0.717) is 0 Å². The van der Waals surface area contributed by atoms with E-state index >= 15 is 0 Å². The number of hydrogen-bond donors (Lipinski definition) is 1. The van der Waals surface area contributed by atoms with Gasteiger partial charge in [-0.3, -0.25) is 0 Å². The molecule has 3 heterocycles. The normalized spacial score (nSPS) is 20.6. The average Bonchev–Trinajstić information content (AvgIpc) is 2.96.